The molecule has 0 heterocycles. The molecule has 0 amide bonds. The number of halogens is 1. The highest BCUT2D eigenvalue weighted by Crippen LogP contribution is 2.26. The summed E-state index contributed by atoms with van der Waals surface area (Å²) in [4.78, 5) is 0. The molecule has 1 N–H and O–H groups in total. The molecule has 0 saturated heterocycles. The topological polar surface area (TPSA) is 30.5 Å². The number of ether oxygens (including phenoxy) is 2. The Bertz CT molecular complexity index is 371. The Hall–Kier alpha value is -1.13. The smallest absolute Gasteiger partial charge is 0.127 e. The van der Waals surface area contributed by atoms with Gasteiger partial charge in [0.2, 0.25) is 0 Å². The van der Waals surface area contributed by atoms with Crippen molar-refractivity contribution in [3.8, 4) is 5.75 Å². The lowest BCUT2D eigenvalue weighted by Crippen LogP contribution is -2.19. The fourth-order valence-electron chi connectivity index (χ4n) is 1.86. The van der Waals surface area contributed by atoms with Crippen molar-refractivity contribution in [1.82, 2.24) is 5.32 Å². The Labute approximate surface area is 115 Å². The number of benzene rings is 1. The van der Waals surface area contributed by atoms with Gasteiger partial charge >= 0.3 is 0 Å². The van der Waals surface area contributed by atoms with E-state index in [1.807, 2.05) is 13.8 Å². The fraction of sp³-hybridized carbons (Fsp3) is 0.600. The average Bonchev–Trinajstić information content (AvgIpc) is 2.39. The molecule has 4 heteroatoms. The summed E-state index contributed by atoms with van der Waals surface area (Å²) in [6.45, 7) is 8.69. The van der Waals surface area contributed by atoms with Crippen LogP contribution in [0.1, 0.15) is 38.8 Å². The van der Waals surface area contributed by atoms with E-state index < -0.39 is 0 Å². The van der Waals surface area contributed by atoms with Crippen LogP contribution in [0.25, 0.3) is 0 Å². The zero-order valence-corrected chi connectivity index (χ0v) is 12.0. The van der Waals surface area contributed by atoms with Gasteiger partial charge in [0, 0.05) is 24.3 Å². The lowest BCUT2D eigenvalue weighted by Gasteiger charge is -2.17. The van der Waals surface area contributed by atoms with Gasteiger partial charge in [0.15, 0.2) is 0 Å². The lowest BCUT2D eigenvalue weighted by atomic mass is 10.1. The van der Waals surface area contributed by atoms with E-state index in [9.17, 15) is 4.39 Å². The first-order valence-electron chi connectivity index (χ1n) is 6.92. The highest BCUT2D eigenvalue weighted by molar-refractivity contribution is 5.36. The van der Waals surface area contributed by atoms with Crippen molar-refractivity contribution < 1.29 is 13.9 Å². The largest absolute Gasteiger partial charge is 0.491 e. The highest BCUT2D eigenvalue weighted by Gasteiger charge is 2.11. The predicted octanol–water partition coefficient (Wildman–Crippen LogP) is 3.30. The molecular formula is C15H24FNO2. The van der Waals surface area contributed by atoms with E-state index in [-0.39, 0.29) is 11.9 Å². The highest BCUT2D eigenvalue weighted by atomic mass is 19.1. The number of hydrogen-bond donors (Lipinski definition) is 1. The molecule has 1 aromatic carbocycles. The van der Waals surface area contributed by atoms with Gasteiger partial charge in [0.05, 0.1) is 6.61 Å². The van der Waals surface area contributed by atoms with E-state index in [1.165, 1.54) is 12.1 Å². The van der Waals surface area contributed by atoms with Crippen molar-refractivity contribution in [1.29, 1.82) is 0 Å². The molecule has 0 saturated carbocycles. The van der Waals surface area contributed by atoms with Crippen LogP contribution in [0.5, 0.6) is 5.75 Å². The molecule has 0 aromatic heterocycles. The van der Waals surface area contributed by atoms with E-state index in [0.29, 0.717) is 19.0 Å². The van der Waals surface area contributed by atoms with Gasteiger partial charge < -0.3 is 14.8 Å². The summed E-state index contributed by atoms with van der Waals surface area (Å²) < 4.78 is 24.3. The Morgan fingerprint density at radius 1 is 1.21 bits per heavy atom. The van der Waals surface area contributed by atoms with E-state index in [0.717, 1.165) is 25.1 Å². The Morgan fingerprint density at radius 2 is 2.00 bits per heavy atom. The third-order valence-corrected chi connectivity index (χ3v) is 2.79. The van der Waals surface area contributed by atoms with Crippen LogP contribution >= 0.6 is 0 Å². The Kier molecular flexibility index (Phi) is 7.45. The van der Waals surface area contributed by atoms with Crippen LogP contribution in [0.4, 0.5) is 4.39 Å². The maximum Gasteiger partial charge on any atom is 0.127 e. The van der Waals surface area contributed by atoms with Crippen molar-refractivity contribution in [3.05, 3.63) is 29.6 Å². The number of hydrogen-bond acceptors (Lipinski definition) is 3. The molecule has 0 aliphatic heterocycles. The third kappa shape index (κ3) is 5.57. The van der Waals surface area contributed by atoms with E-state index in [1.54, 1.807) is 6.07 Å². The van der Waals surface area contributed by atoms with Gasteiger partial charge in [-0.05, 0) is 26.0 Å². The normalized spacial score (nSPS) is 12.4. The van der Waals surface area contributed by atoms with Crippen molar-refractivity contribution in [2.24, 2.45) is 0 Å². The van der Waals surface area contributed by atoms with Crippen LogP contribution in [0, 0.1) is 5.82 Å². The first-order chi connectivity index (χ1) is 9.19. The lowest BCUT2D eigenvalue weighted by molar-refractivity contribution is 0.0999. The molecule has 0 aliphatic carbocycles. The van der Waals surface area contributed by atoms with Gasteiger partial charge in [-0.25, -0.2) is 4.39 Å². The molecule has 1 unspecified atom stereocenters. The van der Waals surface area contributed by atoms with E-state index in [4.69, 9.17) is 9.47 Å². The molecule has 0 bridgehead atoms. The Balaban J connectivity index is 2.61. The predicted molar refractivity (Wildman–Crippen MR) is 75.1 cm³/mol. The maximum atomic E-state index is 13.3. The molecular weight excluding hydrogens is 245 g/mol. The Morgan fingerprint density at radius 3 is 2.68 bits per heavy atom. The van der Waals surface area contributed by atoms with Gasteiger partial charge in [0.1, 0.15) is 18.2 Å². The quantitative estimate of drug-likeness (QED) is 0.698. The minimum absolute atomic E-state index is 0.136. The summed E-state index contributed by atoms with van der Waals surface area (Å²) >= 11 is 0. The van der Waals surface area contributed by atoms with Crippen molar-refractivity contribution >= 4 is 0 Å². The summed E-state index contributed by atoms with van der Waals surface area (Å²) in [5.74, 6) is 0.311. The number of nitrogens with one attached hydrogen (secondary N) is 1. The van der Waals surface area contributed by atoms with Crippen LogP contribution in [0.3, 0.4) is 0 Å². The minimum Gasteiger partial charge on any atom is -0.491 e. The van der Waals surface area contributed by atoms with Gasteiger partial charge in [-0.3, -0.25) is 0 Å². The fourth-order valence-corrected chi connectivity index (χ4v) is 1.86. The first-order valence-corrected chi connectivity index (χ1v) is 6.92. The summed E-state index contributed by atoms with van der Waals surface area (Å²) in [6, 6.07) is 4.80. The zero-order valence-electron chi connectivity index (χ0n) is 12.0. The maximum absolute atomic E-state index is 13.3. The summed E-state index contributed by atoms with van der Waals surface area (Å²) in [5, 5.41) is 3.30. The monoisotopic (exact) mass is 269 g/mol. The summed E-state index contributed by atoms with van der Waals surface area (Å²) in [7, 11) is 0. The van der Waals surface area contributed by atoms with Gasteiger partial charge in [0.25, 0.3) is 0 Å². The second kappa shape index (κ2) is 8.88. The zero-order chi connectivity index (χ0) is 14.1. The molecule has 3 nitrogen and oxygen atoms in total. The van der Waals surface area contributed by atoms with Gasteiger partial charge in [-0.1, -0.05) is 19.9 Å². The molecule has 108 valence electrons. The second-order valence-corrected chi connectivity index (χ2v) is 4.42. The molecule has 1 aromatic rings. The molecule has 1 atom stereocenters. The SMILES string of the molecule is CCCOCCOc1cc(F)ccc1C(C)NCC. The summed E-state index contributed by atoms with van der Waals surface area (Å²) in [6.07, 6.45) is 0.989. The number of rotatable bonds is 9. The summed E-state index contributed by atoms with van der Waals surface area (Å²) in [5.41, 5.74) is 0.971. The molecule has 0 aliphatic rings. The second-order valence-electron chi connectivity index (χ2n) is 4.42. The molecule has 0 radical (unpaired) electrons. The van der Waals surface area contributed by atoms with Crippen LogP contribution in [0.15, 0.2) is 18.2 Å². The van der Waals surface area contributed by atoms with Crippen LogP contribution in [-0.2, 0) is 4.74 Å². The molecule has 1 rings (SSSR count). The van der Waals surface area contributed by atoms with Crippen LogP contribution < -0.4 is 10.1 Å². The third-order valence-electron chi connectivity index (χ3n) is 2.79. The van der Waals surface area contributed by atoms with Crippen molar-refractivity contribution in [3.63, 3.8) is 0 Å². The van der Waals surface area contributed by atoms with Crippen molar-refractivity contribution in [2.45, 2.75) is 33.2 Å². The minimum atomic E-state index is -0.281. The van der Waals surface area contributed by atoms with Crippen LogP contribution in [-0.4, -0.2) is 26.4 Å². The van der Waals surface area contributed by atoms with Gasteiger partial charge in [-0.15, -0.1) is 0 Å². The molecule has 0 fully saturated rings. The van der Waals surface area contributed by atoms with Crippen molar-refractivity contribution in [2.75, 3.05) is 26.4 Å². The average molecular weight is 269 g/mol. The van der Waals surface area contributed by atoms with Gasteiger partial charge in [-0.2, -0.15) is 0 Å². The van der Waals surface area contributed by atoms with Crippen LogP contribution in [0.2, 0.25) is 0 Å². The van der Waals surface area contributed by atoms with E-state index in [2.05, 4.69) is 12.2 Å². The standard InChI is InChI=1S/C15H24FNO2/c1-4-8-18-9-10-19-15-11-13(16)6-7-14(15)12(3)17-5-2/h6-7,11-12,17H,4-5,8-10H2,1-3H3. The van der Waals surface area contributed by atoms with E-state index >= 15 is 0 Å². The first kappa shape index (κ1) is 15.9. The molecule has 19 heavy (non-hydrogen) atoms. The molecule has 0 spiro atoms.